The summed E-state index contributed by atoms with van der Waals surface area (Å²) in [5.74, 6) is -0.689. The van der Waals surface area contributed by atoms with Gasteiger partial charge in [-0.3, -0.25) is 5.32 Å². The van der Waals surface area contributed by atoms with Gasteiger partial charge in [0.25, 0.3) is 0 Å². The molecule has 9 heteroatoms. The van der Waals surface area contributed by atoms with Crippen molar-refractivity contribution in [1.82, 2.24) is 15.1 Å². The predicted octanol–water partition coefficient (Wildman–Crippen LogP) is 0.788. The number of carbonyl (C=O) groups is 2. The van der Waals surface area contributed by atoms with E-state index in [1.807, 2.05) is 0 Å². The van der Waals surface area contributed by atoms with Crippen LogP contribution in [0.3, 0.4) is 0 Å². The Balaban J connectivity index is 2.00. The topological polar surface area (TPSA) is 116 Å². The smallest absolute Gasteiger partial charge is 0.326 e. The van der Waals surface area contributed by atoms with E-state index in [2.05, 4.69) is 29.4 Å². The van der Waals surface area contributed by atoms with Crippen LogP contribution >= 0.6 is 11.3 Å². The van der Waals surface area contributed by atoms with Gasteiger partial charge < -0.3 is 15.1 Å². The summed E-state index contributed by atoms with van der Waals surface area (Å²) >= 11 is 1.27. The molecular weight excluding hydrogens is 296 g/mol. The zero-order valence-corrected chi connectivity index (χ0v) is 12.6. The first-order valence-electron chi connectivity index (χ1n) is 6.67. The van der Waals surface area contributed by atoms with Gasteiger partial charge in [-0.25, -0.2) is 9.59 Å². The lowest BCUT2D eigenvalue weighted by Gasteiger charge is -2.20. The molecule has 2 heterocycles. The quantitative estimate of drug-likeness (QED) is 0.756. The second-order valence-electron chi connectivity index (χ2n) is 5.42. The summed E-state index contributed by atoms with van der Waals surface area (Å²) in [5, 5.41) is 30.1. The monoisotopic (exact) mass is 314 g/mol. The number of urea groups is 1. The van der Waals surface area contributed by atoms with Crippen LogP contribution in [0.25, 0.3) is 0 Å². The molecule has 8 nitrogen and oxygen atoms in total. The Morgan fingerprint density at radius 3 is 2.81 bits per heavy atom. The third kappa shape index (κ3) is 3.88. The Morgan fingerprint density at radius 1 is 1.48 bits per heavy atom. The molecule has 1 aliphatic rings. The van der Waals surface area contributed by atoms with Crippen molar-refractivity contribution in [2.75, 3.05) is 11.9 Å². The number of aliphatic hydroxyl groups excluding tert-OH is 1. The van der Waals surface area contributed by atoms with Crippen LogP contribution in [0.5, 0.6) is 0 Å². The number of nitrogens with one attached hydrogen (secondary N) is 1. The average Bonchev–Trinajstić information content (AvgIpc) is 2.95. The van der Waals surface area contributed by atoms with Crippen molar-refractivity contribution in [2.24, 2.45) is 5.92 Å². The van der Waals surface area contributed by atoms with Gasteiger partial charge in [0.1, 0.15) is 11.0 Å². The summed E-state index contributed by atoms with van der Waals surface area (Å²) in [6, 6.07) is -1.59. The predicted molar refractivity (Wildman–Crippen MR) is 76.2 cm³/mol. The lowest BCUT2D eigenvalue weighted by molar-refractivity contribution is -0.141. The number of carboxylic acid groups (broad SMARTS) is 1. The van der Waals surface area contributed by atoms with Gasteiger partial charge in [0, 0.05) is 19.4 Å². The maximum Gasteiger partial charge on any atom is 0.326 e. The molecule has 1 unspecified atom stereocenters. The summed E-state index contributed by atoms with van der Waals surface area (Å²) in [6.45, 7) is 4.12. The van der Waals surface area contributed by atoms with E-state index >= 15 is 0 Å². The van der Waals surface area contributed by atoms with E-state index in [0.717, 1.165) is 16.3 Å². The molecule has 21 heavy (non-hydrogen) atoms. The summed E-state index contributed by atoms with van der Waals surface area (Å²) in [7, 11) is 0. The number of aromatic nitrogens is 2. The Bertz CT molecular complexity index is 533. The fraction of sp³-hybridized carbons (Fsp3) is 0.667. The highest BCUT2D eigenvalue weighted by atomic mass is 32.1. The third-order valence-corrected chi connectivity index (χ3v) is 3.95. The van der Waals surface area contributed by atoms with Gasteiger partial charge in [0.15, 0.2) is 0 Å². The van der Waals surface area contributed by atoms with Gasteiger partial charge in [-0.15, -0.1) is 10.2 Å². The van der Waals surface area contributed by atoms with Crippen molar-refractivity contribution in [1.29, 1.82) is 0 Å². The van der Waals surface area contributed by atoms with E-state index in [9.17, 15) is 14.7 Å². The number of aliphatic carboxylic acids is 1. The van der Waals surface area contributed by atoms with E-state index in [4.69, 9.17) is 5.11 Å². The van der Waals surface area contributed by atoms with Crippen LogP contribution in [0, 0.1) is 5.92 Å². The van der Waals surface area contributed by atoms with Crippen molar-refractivity contribution >= 4 is 28.5 Å². The summed E-state index contributed by atoms with van der Waals surface area (Å²) in [6.07, 6.45) is -0.00618. The number of amides is 2. The van der Waals surface area contributed by atoms with Crippen LogP contribution in [0.15, 0.2) is 0 Å². The van der Waals surface area contributed by atoms with Crippen LogP contribution in [-0.4, -0.2) is 56.0 Å². The highest BCUT2D eigenvalue weighted by Gasteiger charge is 2.39. The zero-order chi connectivity index (χ0) is 15.6. The number of nitrogens with zero attached hydrogens (tertiary/aromatic N) is 3. The van der Waals surface area contributed by atoms with Gasteiger partial charge in [0.05, 0.1) is 6.10 Å². The average molecular weight is 314 g/mol. The van der Waals surface area contributed by atoms with E-state index in [1.54, 1.807) is 0 Å². The Morgan fingerprint density at radius 2 is 2.19 bits per heavy atom. The van der Waals surface area contributed by atoms with Gasteiger partial charge >= 0.3 is 12.0 Å². The van der Waals surface area contributed by atoms with Crippen LogP contribution in [0.2, 0.25) is 0 Å². The standard InChI is InChI=1S/C12H18N4O4S/c1-6(2)3-9-14-15-11(21-9)13-12(20)16-5-7(17)4-8(16)10(18)19/h6-8,17H,3-5H2,1-2H3,(H,18,19)(H,13,15,20)/t7?,8-/m0/s1. The van der Waals surface area contributed by atoms with Crippen LogP contribution in [0.4, 0.5) is 9.93 Å². The molecule has 0 spiro atoms. The normalized spacial score (nSPS) is 21.8. The first-order chi connectivity index (χ1) is 9.86. The summed E-state index contributed by atoms with van der Waals surface area (Å²) < 4.78 is 0. The number of carbonyl (C=O) groups excluding carboxylic acids is 1. The van der Waals surface area contributed by atoms with Gasteiger partial charge in [-0.2, -0.15) is 0 Å². The number of carboxylic acids is 1. The van der Waals surface area contributed by atoms with Gasteiger partial charge in [-0.1, -0.05) is 25.2 Å². The second-order valence-corrected chi connectivity index (χ2v) is 6.49. The zero-order valence-electron chi connectivity index (χ0n) is 11.8. The Hall–Kier alpha value is -1.74. The minimum Gasteiger partial charge on any atom is -0.480 e. The van der Waals surface area contributed by atoms with Crippen molar-refractivity contribution in [3.63, 3.8) is 0 Å². The van der Waals surface area contributed by atoms with Crippen LogP contribution in [-0.2, 0) is 11.2 Å². The van der Waals surface area contributed by atoms with Gasteiger partial charge in [0.2, 0.25) is 5.13 Å². The Labute approximate surface area is 125 Å². The van der Waals surface area contributed by atoms with Gasteiger partial charge in [-0.05, 0) is 5.92 Å². The van der Waals surface area contributed by atoms with E-state index in [-0.39, 0.29) is 13.0 Å². The molecule has 0 saturated carbocycles. The highest BCUT2D eigenvalue weighted by Crippen LogP contribution is 2.22. The molecule has 1 fully saturated rings. The van der Waals surface area contributed by atoms with E-state index in [1.165, 1.54) is 11.3 Å². The molecular formula is C12H18N4O4S. The largest absolute Gasteiger partial charge is 0.480 e. The maximum absolute atomic E-state index is 12.1. The minimum absolute atomic E-state index is 0.000451. The summed E-state index contributed by atoms with van der Waals surface area (Å²) in [5.41, 5.74) is 0. The third-order valence-electron chi connectivity index (χ3n) is 3.09. The van der Waals surface area contributed by atoms with Crippen molar-refractivity contribution in [3.8, 4) is 0 Å². The first kappa shape index (κ1) is 15.6. The molecule has 116 valence electrons. The molecule has 1 aromatic rings. The maximum atomic E-state index is 12.1. The number of rotatable bonds is 4. The van der Waals surface area contributed by atoms with Crippen molar-refractivity contribution in [2.45, 2.75) is 38.8 Å². The molecule has 0 bridgehead atoms. The molecule has 1 aromatic heterocycles. The lowest BCUT2D eigenvalue weighted by Crippen LogP contribution is -2.43. The molecule has 1 aliphatic heterocycles. The molecule has 3 N–H and O–H groups in total. The van der Waals surface area contributed by atoms with E-state index in [0.29, 0.717) is 11.0 Å². The highest BCUT2D eigenvalue weighted by molar-refractivity contribution is 7.15. The number of likely N-dealkylation sites (tertiary alicyclic amines) is 1. The van der Waals surface area contributed by atoms with Crippen molar-refractivity contribution < 1.29 is 19.8 Å². The molecule has 2 atom stereocenters. The fourth-order valence-electron chi connectivity index (χ4n) is 2.17. The molecule has 2 rings (SSSR count). The molecule has 0 aromatic carbocycles. The molecule has 0 aliphatic carbocycles. The second kappa shape index (κ2) is 6.35. The van der Waals surface area contributed by atoms with Crippen LogP contribution in [0.1, 0.15) is 25.3 Å². The molecule has 1 saturated heterocycles. The fourth-order valence-corrected chi connectivity index (χ4v) is 3.11. The number of aliphatic hydroxyl groups is 1. The van der Waals surface area contributed by atoms with Crippen molar-refractivity contribution in [3.05, 3.63) is 5.01 Å². The molecule has 0 radical (unpaired) electrons. The number of hydrogen-bond acceptors (Lipinski definition) is 6. The number of hydrogen-bond donors (Lipinski definition) is 3. The minimum atomic E-state index is -1.13. The lowest BCUT2D eigenvalue weighted by atomic mass is 10.1. The number of anilines is 1. The molecule has 2 amide bonds. The first-order valence-corrected chi connectivity index (χ1v) is 7.49. The SMILES string of the molecule is CC(C)Cc1nnc(NC(=O)N2CC(O)C[C@H]2C(=O)O)s1. The Kier molecular flexibility index (Phi) is 4.73. The number of β-amino-alcohol motifs (C(OH)–C–C–N with tert-alkyl or cyclic N) is 1. The summed E-state index contributed by atoms with van der Waals surface area (Å²) in [4.78, 5) is 24.3. The van der Waals surface area contributed by atoms with E-state index < -0.39 is 24.1 Å². The van der Waals surface area contributed by atoms with Crippen LogP contribution < -0.4 is 5.32 Å².